The highest BCUT2D eigenvalue weighted by molar-refractivity contribution is 6.34. The van der Waals surface area contributed by atoms with Crippen LogP contribution >= 0.6 is 11.6 Å². The maximum Gasteiger partial charge on any atom is 0.255 e. The minimum Gasteiger partial charge on any atom is -0.380 e. The van der Waals surface area contributed by atoms with Gasteiger partial charge >= 0.3 is 0 Å². The van der Waals surface area contributed by atoms with Gasteiger partial charge in [0.25, 0.3) is 11.8 Å². The Balaban J connectivity index is 1.30. The first-order chi connectivity index (χ1) is 14.9. The fraction of sp³-hybridized carbons (Fsp3) is 0.280. The van der Waals surface area contributed by atoms with Gasteiger partial charge < -0.3 is 14.9 Å². The molecule has 3 aromatic carbocycles. The Morgan fingerprint density at radius 3 is 2.10 bits per heavy atom. The van der Waals surface area contributed by atoms with Crippen molar-refractivity contribution in [3.05, 3.63) is 71.2 Å². The van der Waals surface area contributed by atoms with Gasteiger partial charge in [-0.1, -0.05) is 54.1 Å². The number of benzene rings is 3. The van der Waals surface area contributed by atoms with Gasteiger partial charge in [-0.15, -0.1) is 0 Å². The number of carbonyl (C=O) groups is 2. The highest BCUT2D eigenvalue weighted by Crippen LogP contribution is 2.37. The number of carbonyl (C=O) groups excluding carboxylic acids is 2. The Morgan fingerprint density at radius 1 is 0.806 bits per heavy atom. The molecule has 1 saturated heterocycles. The van der Waals surface area contributed by atoms with E-state index in [0.29, 0.717) is 49.6 Å². The molecule has 3 aromatic rings. The van der Waals surface area contributed by atoms with Crippen molar-refractivity contribution in [1.29, 1.82) is 0 Å². The third-order valence-electron chi connectivity index (χ3n) is 6.26. The van der Waals surface area contributed by atoms with Gasteiger partial charge in [0.1, 0.15) is 5.60 Å². The Hall–Kier alpha value is -2.89. The van der Waals surface area contributed by atoms with Gasteiger partial charge in [0.2, 0.25) is 0 Å². The maximum absolute atomic E-state index is 13.0. The van der Waals surface area contributed by atoms with Crippen LogP contribution in [-0.4, -0.2) is 58.5 Å². The molecule has 1 heterocycles. The fourth-order valence-electron chi connectivity index (χ4n) is 4.15. The van der Waals surface area contributed by atoms with Gasteiger partial charge in [-0.2, -0.15) is 0 Å². The summed E-state index contributed by atoms with van der Waals surface area (Å²) in [6, 6.07) is 20.0. The summed E-state index contributed by atoms with van der Waals surface area (Å²) >= 11 is 6.51. The smallest absolute Gasteiger partial charge is 0.255 e. The molecular weight excluding hydrogens is 412 g/mol. The summed E-state index contributed by atoms with van der Waals surface area (Å²) in [6.45, 7) is 1.73. The van der Waals surface area contributed by atoms with Crippen LogP contribution in [-0.2, 0) is 4.79 Å². The standard InChI is InChI=1S/C25H23ClN2O3/c26-22-16-20(19-6-5-17-3-1-2-4-18(17)15-19)7-8-21(22)23(29)27-11-13-28(14-12-27)24(30)25(31)9-10-25/h1-8,15-16,31H,9-14H2. The summed E-state index contributed by atoms with van der Waals surface area (Å²) in [6.07, 6.45) is 1.06. The lowest BCUT2D eigenvalue weighted by molar-refractivity contribution is -0.143. The fourth-order valence-corrected chi connectivity index (χ4v) is 4.41. The Labute approximate surface area is 185 Å². The molecule has 0 radical (unpaired) electrons. The first-order valence-electron chi connectivity index (χ1n) is 10.5. The first-order valence-corrected chi connectivity index (χ1v) is 10.9. The Kier molecular flexibility index (Phi) is 4.95. The van der Waals surface area contributed by atoms with Crippen molar-refractivity contribution >= 4 is 34.2 Å². The van der Waals surface area contributed by atoms with E-state index in [0.717, 1.165) is 16.5 Å². The normalized spacial score (nSPS) is 17.6. The van der Waals surface area contributed by atoms with Crippen LogP contribution in [0.3, 0.4) is 0 Å². The second-order valence-corrected chi connectivity index (χ2v) is 8.78. The molecule has 1 aliphatic carbocycles. The summed E-state index contributed by atoms with van der Waals surface area (Å²) in [4.78, 5) is 28.7. The number of piperazine rings is 1. The molecule has 2 aliphatic rings. The molecule has 1 saturated carbocycles. The molecular formula is C25H23ClN2O3. The van der Waals surface area contributed by atoms with Crippen LogP contribution in [0, 0.1) is 0 Å². The number of hydrogen-bond acceptors (Lipinski definition) is 3. The first kappa shape index (κ1) is 20.0. The molecule has 6 heteroatoms. The van der Waals surface area contributed by atoms with Gasteiger partial charge in [0.05, 0.1) is 10.6 Å². The maximum atomic E-state index is 13.0. The SMILES string of the molecule is O=C(c1ccc(-c2ccc3ccccc3c2)cc1Cl)N1CCN(C(=O)C2(O)CC2)CC1. The van der Waals surface area contributed by atoms with Crippen LogP contribution in [0.2, 0.25) is 5.02 Å². The van der Waals surface area contributed by atoms with Crippen LogP contribution in [0.4, 0.5) is 0 Å². The highest BCUT2D eigenvalue weighted by atomic mass is 35.5. The predicted octanol–water partition coefficient (Wildman–Crippen LogP) is 3.97. The van der Waals surface area contributed by atoms with Gasteiger partial charge in [-0.25, -0.2) is 0 Å². The van der Waals surface area contributed by atoms with Gasteiger partial charge in [0.15, 0.2) is 0 Å². The minimum atomic E-state index is -1.16. The minimum absolute atomic E-state index is 0.132. The zero-order valence-corrected chi connectivity index (χ0v) is 17.8. The summed E-state index contributed by atoms with van der Waals surface area (Å²) in [5, 5.41) is 12.8. The second kappa shape index (κ2) is 7.66. The number of fused-ring (bicyclic) bond motifs is 1. The number of halogens is 1. The average molecular weight is 435 g/mol. The van der Waals surface area contributed by atoms with E-state index in [9.17, 15) is 14.7 Å². The van der Waals surface area contributed by atoms with Gasteiger partial charge in [-0.05, 0) is 52.9 Å². The van der Waals surface area contributed by atoms with Crippen molar-refractivity contribution in [3.8, 4) is 11.1 Å². The Bertz CT molecular complexity index is 1180. The Morgan fingerprint density at radius 2 is 1.42 bits per heavy atom. The molecule has 0 spiro atoms. The van der Waals surface area contributed by atoms with Gasteiger partial charge in [-0.3, -0.25) is 9.59 Å². The van der Waals surface area contributed by atoms with Crippen LogP contribution < -0.4 is 0 Å². The van der Waals surface area contributed by atoms with Gasteiger partial charge in [0, 0.05) is 26.2 Å². The third-order valence-corrected chi connectivity index (χ3v) is 6.57. The van der Waals surface area contributed by atoms with E-state index in [-0.39, 0.29) is 11.8 Å². The van der Waals surface area contributed by atoms with E-state index in [1.54, 1.807) is 15.9 Å². The summed E-state index contributed by atoms with van der Waals surface area (Å²) in [5.41, 5.74) is 1.31. The van der Waals surface area contributed by atoms with E-state index >= 15 is 0 Å². The molecule has 0 unspecified atom stereocenters. The molecule has 2 fully saturated rings. The topological polar surface area (TPSA) is 60.9 Å². The molecule has 0 aromatic heterocycles. The van der Waals surface area contributed by atoms with Crippen molar-refractivity contribution in [2.24, 2.45) is 0 Å². The lowest BCUT2D eigenvalue weighted by Gasteiger charge is -2.36. The molecule has 0 atom stereocenters. The van der Waals surface area contributed by atoms with Crippen LogP contribution in [0.25, 0.3) is 21.9 Å². The molecule has 31 heavy (non-hydrogen) atoms. The third kappa shape index (κ3) is 3.80. The zero-order valence-electron chi connectivity index (χ0n) is 17.1. The van der Waals surface area contributed by atoms with E-state index in [1.807, 2.05) is 24.3 Å². The quantitative estimate of drug-likeness (QED) is 0.678. The average Bonchev–Trinajstić information content (AvgIpc) is 3.56. The van der Waals surface area contributed by atoms with E-state index in [1.165, 1.54) is 5.39 Å². The van der Waals surface area contributed by atoms with Crippen molar-refractivity contribution in [2.45, 2.75) is 18.4 Å². The molecule has 5 nitrogen and oxygen atoms in total. The molecule has 0 bridgehead atoms. The van der Waals surface area contributed by atoms with Crippen LogP contribution in [0.5, 0.6) is 0 Å². The monoisotopic (exact) mass is 434 g/mol. The lowest BCUT2D eigenvalue weighted by atomic mass is 10.00. The van der Waals surface area contributed by atoms with E-state index in [2.05, 4.69) is 30.3 Å². The highest BCUT2D eigenvalue weighted by Gasteiger charge is 2.50. The lowest BCUT2D eigenvalue weighted by Crippen LogP contribution is -2.53. The number of aliphatic hydroxyl groups is 1. The number of amides is 2. The molecule has 1 N–H and O–H groups in total. The predicted molar refractivity (Wildman–Crippen MR) is 121 cm³/mol. The number of hydrogen-bond donors (Lipinski definition) is 1. The van der Waals surface area contributed by atoms with E-state index in [4.69, 9.17) is 11.6 Å². The van der Waals surface area contributed by atoms with Crippen molar-refractivity contribution in [2.75, 3.05) is 26.2 Å². The van der Waals surface area contributed by atoms with Crippen LogP contribution in [0.1, 0.15) is 23.2 Å². The van der Waals surface area contributed by atoms with Crippen molar-refractivity contribution in [3.63, 3.8) is 0 Å². The number of nitrogens with zero attached hydrogens (tertiary/aromatic N) is 2. The summed E-state index contributed by atoms with van der Waals surface area (Å²) in [5.74, 6) is -0.343. The molecule has 5 rings (SSSR count). The molecule has 1 aliphatic heterocycles. The van der Waals surface area contributed by atoms with Crippen molar-refractivity contribution in [1.82, 2.24) is 9.80 Å². The number of rotatable bonds is 3. The summed E-state index contributed by atoms with van der Waals surface area (Å²) in [7, 11) is 0. The summed E-state index contributed by atoms with van der Waals surface area (Å²) < 4.78 is 0. The largest absolute Gasteiger partial charge is 0.380 e. The molecule has 158 valence electrons. The second-order valence-electron chi connectivity index (χ2n) is 8.37. The van der Waals surface area contributed by atoms with Crippen LogP contribution in [0.15, 0.2) is 60.7 Å². The van der Waals surface area contributed by atoms with E-state index < -0.39 is 5.60 Å². The molecule has 2 amide bonds. The zero-order chi connectivity index (χ0) is 21.6. The van der Waals surface area contributed by atoms with Crippen molar-refractivity contribution < 1.29 is 14.7 Å².